The minimum atomic E-state index is -4.21. The molecule has 8 heteroatoms. The molecule has 1 saturated carbocycles. The average Bonchev–Trinajstić information content (AvgIpc) is 2.98. The van der Waals surface area contributed by atoms with Gasteiger partial charge < -0.3 is 15.1 Å². The zero-order valence-corrected chi connectivity index (χ0v) is 15.6. The van der Waals surface area contributed by atoms with Crippen molar-refractivity contribution >= 4 is 22.8 Å². The zero-order valence-electron chi connectivity index (χ0n) is 15.6. The van der Waals surface area contributed by atoms with E-state index >= 15 is 0 Å². The second-order valence-corrected chi connectivity index (χ2v) is 8.15. The number of halogens is 3. The first-order chi connectivity index (χ1) is 12.5. The highest BCUT2D eigenvalue weighted by atomic mass is 19.4. The Kier molecular flexibility index (Phi) is 5.10. The number of nitrogens with zero attached hydrogens (tertiary/aromatic N) is 1. The number of carbonyl (C=O) groups excluding carboxylic acids is 1. The summed E-state index contributed by atoms with van der Waals surface area (Å²) < 4.78 is 44.4. The van der Waals surface area contributed by atoms with Crippen LogP contribution >= 0.6 is 0 Å². The molecule has 2 N–H and O–H groups in total. The number of benzene rings is 1. The highest BCUT2D eigenvalue weighted by Gasteiger charge is 2.42. The van der Waals surface area contributed by atoms with Crippen molar-refractivity contribution in [3.8, 4) is 0 Å². The Morgan fingerprint density at radius 1 is 1.22 bits per heavy atom. The topological polar surface area (TPSA) is 67.2 Å². The number of alkyl halides is 3. The first kappa shape index (κ1) is 19.5. The van der Waals surface area contributed by atoms with Gasteiger partial charge >= 0.3 is 12.2 Å². The summed E-state index contributed by atoms with van der Waals surface area (Å²) in [6, 6.07) is 4.09. The Hall–Kier alpha value is -2.25. The normalized spacial score (nSPS) is 21.3. The highest BCUT2D eigenvalue weighted by Crippen LogP contribution is 2.37. The first-order valence-electron chi connectivity index (χ1n) is 9.07. The number of urea groups is 1. The molecule has 1 aliphatic carbocycles. The van der Waals surface area contributed by atoms with Crippen molar-refractivity contribution in [3.63, 3.8) is 0 Å². The van der Waals surface area contributed by atoms with Crippen molar-refractivity contribution in [2.45, 2.75) is 64.1 Å². The van der Waals surface area contributed by atoms with E-state index in [1.54, 1.807) is 18.2 Å². The molecular formula is C19H24F3N3O2. The standard InChI is InChI=1S/C19H24F3N3O2/c1-18(2,3)16-25-14-10-13(7-8-15(14)27-16)24-17(26)23-12-6-4-5-11(9-12)19(20,21)22/h7-8,10-12H,4-6,9H2,1-3H3,(H2,23,24,26). The summed E-state index contributed by atoms with van der Waals surface area (Å²) >= 11 is 0. The molecule has 1 heterocycles. The lowest BCUT2D eigenvalue weighted by Crippen LogP contribution is -2.43. The number of rotatable bonds is 2. The number of aromatic nitrogens is 1. The van der Waals surface area contributed by atoms with Crippen LogP contribution in [0.4, 0.5) is 23.7 Å². The molecule has 0 aliphatic heterocycles. The summed E-state index contributed by atoms with van der Waals surface area (Å²) in [5, 5.41) is 5.32. The number of hydrogen-bond acceptors (Lipinski definition) is 3. The molecule has 0 bridgehead atoms. The van der Waals surface area contributed by atoms with E-state index in [4.69, 9.17) is 4.42 Å². The van der Waals surface area contributed by atoms with Gasteiger partial charge in [-0.05, 0) is 37.5 Å². The molecule has 1 aromatic carbocycles. The third kappa shape index (κ3) is 4.73. The van der Waals surface area contributed by atoms with Gasteiger partial charge in [0, 0.05) is 17.1 Å². The Labute approximate surface area is 155 Å². The summed E-state index contributed by atoms with van der Waals surface area (Å²) in [6.45, 7) is 5.97. The van der Waals surface area contributed by atoms with E-state index in [9.17, 15) is 18.0 Å². The van der Waals surface area contributed by atoms with E-state index < -0.39 is 24.2 Å². The molecule has 0 spiro atoms. The van der Waals surface area contributed by atoms with Gasteiger partial charge in [-0.1, -0.05) is 27.2 Å². The van der Waals surface area contributed by atoms with Gasteiger partial charge in [0.1, 0.15) is 5.52 Å². The summed E-state index contributed by atoms with van der Waals surface area (Å²) in [5.41, 5.74) is 1.51. The SMILES string of the molecule is CC(C)(C)c1nc2cc(NC(=O)NC3CCCC(C(F)(F)F)C3)ccc2o1. The van der Waals surface area contributed by atoms with Crippen LogP contribution in [0.15, 0.2) is 22.6 Å². The van der Waals surface area contributed by atoms with Crippen LogP contribution in [-0.4, -0.2) is 23.2 Å². The molecule has 148 valence electrons. The highest BCUT2D eigenvalue weighted by molar-refractivity contribution is 5.91. The molecule has 2 unspecified atom stereocenters. The molecule has 2 amide bonds. The maximum atomic E-state index is 12.9. The quantitative estimate of drug-likeness (QED) is 0.733. The number of hydrogen-bond donors (Lipinski definition) is 2. The van der Waals surface area contributed by atoms with E-state index in [1.807, 2.05) is 20.8 Å². The van der Waals surface area contributed by atoms with Crippen LogP contribution in [0.3, 0.4) is 0 Å². The van der Waals surface area contributed by atoms with Gasteiger partial charge in [-0.15, -0.1) is 0 Å². The first-order valence-corrected chi connectivity index (χ1v) is 9.07. The monoisotopic (exact) mass is 383 g/mol. The second-order valence-electron chi connectivity index (χ2n) is 8.15. The minimum Gasteiger partial charge on any atom is -0.440 e. The molecule has 0 radical (unpaired) electrons. The van der Waals surface area contributed by atoms with Crippen molar-refractivity contribution in [2.75, 3.05) is 5.32 Å². The third-order valence-corrected chi connectivity index (χ3v) is 4.76. The van der Waals surface area contributed by atoms with Gasteiger partial charge in [0.25, 0.3) is 0 Å². The molecule has 1 fully saturated rings. The second kappa shape index (κ2) is 7.05. The molecular weight excluding hydrogens is 359 g/mol. The van der Waals surface area contributed by atoms with Crippen LogP contribution in [0.2, 0.25) is 0 Å². The van der Waals surface area contributed by atoms with E-state index in [1.165, 1.54) is 0 Å². The Balaban J connectivity index is 1.64. The van der Waals surface area contributed by atoms with Crippen LogP contribution in [0, 0.1) is 5.92 Å². The van der Waals surface area contributed by atoms with Crippen molar-refractivity contribution < 1.29 is 22.4 Å². The fourth-order valence-corrected chi connectivity index (χ4v) is 3.30. The minimum absolute atomic E-state index is 0.0752. The van der Waals surface area contributed by atoms with Crippen LogP contribution < -0.4 is 10.6 Å². The van der Waals surface area contributed by atoms with Gasteiger partial charge in [-0.3, -0.25) is 0 Å². The summed E-state index contributed by atoms with van der Waals surface area (Å²) in [6.07, 6.45) is -3.15. The molecule has 1 aliphatic rings. The molecule has 0 saturated heterocycles. The van der Waals surface area contributed by atoms with E-state index in [2.05, 4.69) is 15.6 Å². The number of carbonyl (C=O) groups is 1. The van der Waals surface area contributed by atoms with Gasteiger partial charge in [0.05, 0.1) is 5.92 Å². The molecule has 27 heavy (non-hydrogen) atoms. The fraction of sp³-hybridized carbons (Fsp3) is 0.579. The largest absolute Gasteiger partial charge is 0.440 e. The number of nitrogens with one attached hydrogen (secondary N) is 2. The Morgan fingerprint density at radius 3 is 2.63 bits per heavy atom. The zero-order chi connectivity index (χ0) is 19.8. The Morgan fingerprint density at radius 2 is 1.96 bits per heavy atom. The lowest BCUT2D eigenvalue weighted by Gasteiger charge is -2.31. The number of amides is 2. The fourth-order valence-electron chi connectivity index (χ4n) is 3.30. The van der Waals surface area contributed by atoms with Crippen LogP contribution in [0.5, 0.6) is 0 Å². The van der Waals surface area contributed by atoms with Gasteiger partial charge in [0.2, 0.25) is 5.89 Å². The average molecular weight is 383 g/mol. The smallest absolute Gasteiger partial charge is 0.391 e. The van der Waals surface area contributed by atoms with E-state index in [0.29, 0.717) is 35.5 Å². The third-order valence-electron chi connectivity index (χ3n) is 4.76. The maximum absolute atomic E-state index is 12.9. The Bertz CT molecular complexity index is 824. The molecule has 2 atom stereocenters. The summed E-state index contributed by atoms with van der Waals surface area (Å²) in [5.74, 6) is -0.752. The lowest BCUT2D eigenvalue weighted by atomic mass is 9.85. The van der Waals surface area contributed by atoms with Gasteiger partial charge in [-0.2, -0.15) is 13.2 Å². The summed E-state index contributed by atoms with van der Waals surface area (Å²) in [7, 11) is 0. The van der Waals surface area contributed by atoms with Crippen molar-refractivity contribution in [1.29, 1.82) is 0 Å². The van der Waals surface area contributed by atoms with Gasteiger partial charge in [0.15, 0.2) is 5.58 Å². The molecule has 1 aromatic heterocycles. The van der Waals surface area contributed by atoms with E-state index in [0.717, 1.165) is 0 Å². The van der Waals surface area contributed by atoms with Crippen LogP contribution in [-0.2, 0) is 5.41 Å². The number of oxazole rings is 1. The predicted octanol–water partition coefficient (Wildman–Crippen LogP) is 5.37. The van der Waals surface area contributed by atoms with Gasteiger partial charge in [-0.25, -0.2) is 9.78 Å². The number of anilines is 1. The van der Waals surface area contributed by atoms with Crippen LogP contribution in [0.25, 0.3) is 11.1 Å². The summed E-state index contributed by atoms with van der Waals surface area (Å²) in [4.78, 5) is 16.6. The van der Waals surface area contributed by atoms with E-state index in [-0.39, 0.29) is 18.3 Å². The van der Waals surface area contributed by atoms with Crippen molar-refractivity contribution in [2.24, 2.45) is 5.92 Å². The predicted molar refractivity (Wildman–Crippen MR) is 96.7 cm³/mol. The molecule has 3 rings (SSSR count). The van der Waals surface area contributed by atoms with Crippen LogP contribution in [0.1, 0.15) is 52.3 Å². The lowest BCUT2D eigenvalue weighted by molar-refractivity contribution is -0.183. The van der Waals surface area contributed by atoms with Crippen molar-refractivity contribution in [1.82, 2.24) is 10.3 Å². The molecule has 5 nitrogen and oxygen atoms in total. The van der Waals surface area contributed by atoms with Crippen molar-refractivity contribution in [3.05, 3.63) is 24.1 Å². The number of fused-ring (bicyclic) bond motifs is 1. The maximum Gasteiger partial charge on any atom is 0.391 e. The molecule has 2 aromatic rings.